The summed E-state index contributed by atoms with van der Waals surface area (Å²) in [5, 5.41) is 8.84. The lowest BCUT2D eigenvalue weighted by Gasteiger charge is -2.12. The number of carbonyl (C=O) groups excluding carboxylic acids is 1. The van der Waals surface area contributed by atoms with E-state index in [9.17, 15) is 9.90 Å². The Morgan fingerprint density at radius 3 is 1.74 bits per heavy atom. The van der Waals surface area contributed by atoms with Crippen molar-refractivity contribution in [3.05, 3.63) is 60.7 Å². The van der Waals surface area contributed by atoms with Crippen LogP contribution in [0.5, 0.6) is 0 Å². The van der Waals surface area contributed by atoms with Crippen molar-refractivity contribution < 1.29 is 14.6 Å². The topological polar surface area (TPSA) is 46.5 Å². The number of hydrogen-bond donors (Lipinski definition) is 2. The second-order valence-electron chi connectivity index (χ2n) is 3.57. The number of thiol groups is 1. The van der Waals surface area contributed by atoms with Crippen molar-refractivity contribution in [3.63, 3.8) is 0 Å². The number of benzene rings is 2. The average molecular weight is 292 g/mol. The van der Waals surface area contributed by atoms with Crippen LogP contribution in [0.2, 0.25) is 0 Å². The van der Waals surface area contributed by atoms with Gasteiger partial charge in [0.15, 0.2) is 0 Å². The van der Waals surface area contributed by atoms with E-state index in [1.807, 2.05) is 60.7 Å². The summed E-state index contributed by atoms with van der Waals surface area (Å²) < 4.78 is 4.73. The Hall–Kier alpha value is -1.56. The third-order valence-corrected chi connectivity index (χ3v) is 4.32. The molecule has 0 radical (unpaired) electrons. The summed E-state index contributed by atoms with van der Waals surface area (Å²) in [6.07, 6.45) is 0. The van der Waals surface area contributed by atoms with Crippen molar-refractivity contribution >= 4 is 33.7 Å². The Labute approximate surface area is 119 Å². The van der Waals surface area contributed by atoms with E-state index >= 15 is 0 Å². The van der Waals surface area contributed by atoms with Gasteiger partial charge in [-0.05, 0) is 24.3 Å². The second-order valence-corrected chi connectivity index (χ2v) is 5.84. The summed E-state index contributed by atoms with van der Waals surface area (Å²) in [5.41, 5.74) is 0. The number of aliphatic hydroxyl groups is 1. The molecule has 0 aliphatic carbocycles. The van der Waals surface area contributed by atoms with E-state index in [4.69, 9.17) is 4.74 Å². The van der Waals surface area contributed by atoms with Crippen molar-refractivity contribution in [3.8, 4) is 0 Å². The van der Waals surface area contributed by atoms with Gasteiger partial charge in [-0.25, -0.2) is 4.79 Å². The van der Waals surface area contributed by atoms with Crippen LogP contribution in [-0.4, -0.2) is 15.6 Å². The highest BCUT2D eigenvalue weighted by molar-refractivity contribution is 8.15. The quantitative estimate of drug-likeness (QED) is 0.498. The summed E-state index contributed by atoms with van der Waals surface area (Å²) in [4.78, 5) is 12.6. The fraction of sp³-hybridized carbons (Fsp3) is 0. The predicted molar refractivity (Wildman–Crippen MR) is 80.1 cm³/mol. The smallest absolute Gasteiger partial charge is 0.371 e. The zero-order chi connectivity index (χ0) is 13.7. The zero-order valence-corrected chi connectivity index (χ0v) is 11.6. The molecule has 0 fully saturated rings. The lowest BCUT2D eigenvalue weighted by molar-refractivity contribution is 0.214. The Morgan fingerprint density at radius 1 is 0.947 bits per heavy atom. The molecule has 0 atom stereocenters. The van der Waals surface area contributed by atoms with Crippen LogP contribution in [0.15, 0.2) is 70.5 Å². The molecule has 0 unspecified atom stereocenters. The van der Waals surface area contributed by atoms with Crippen LogP contribution < -0.4 is 0 Å². The van der Waals surface area contributed by atoms with Gasteiger partial charge < -0.3 is 9.84 Å². The third-order valence-electron chi connectivity index (χ3n) is 2.31. The predicted octanol–water partition coefficient (Wildman–Crippen LogP) is 4.09. The molecule has 2 aromatic rings. The maximum atomic E-state index is 10.9. The van der Waals surface area contributed by atoms with Crippen molar-refractivity contribution in [2.24, 2.45) is 0 Å². The second kappa shape index (κ2) is 6.56. The average Bonchev–Trinajstić information content (AvgIpc) is 2.40. The minimum Gasteiger partial charge on any atom is -0.389 e. The Kier molecular flexibility index (Phi) is 4.79. The molecule has 0 amide bonds. The van der Waals surface area contributed by atoms with E-state index < -0.39 is 15.8 Å². The molecule has 1 N–H and O–H groups in total. The molecule has 2 rings (SSSR count). The molecule has 0 aromatic heterocycles. The largest absolute Gasteiger partial charge is 0.389 e. The molecule has 0 aliphatic heterocycles. The van der Waals surface area contributed by atoms with Gasteiger partial charge in [0.2, 0.25) is 0 Å². The van der Waals surface area contributed by atoms with Crippen LogP contribution in [0, 0.1) is 0 Å². The standard InChI is InChI=1S/C14H12O3S2/c15-13(18)17-14(16)19(11-7-3-1-4-8-11)12-9-5-2-6-10-12/h1-10,16H,(H,15,18). The van der Waals surface area contributed by atoms with Gasteiger partial charge in [0.1, 0.15) is 0 Å². The molecule has 0 saturated heterocycles. The molecule has 2 aromatic carbocycles. The molecular formula is C14H12O3S2. The fourth-order valence-electron chi connectivity index (χ4n) is 1.57. The van der Waals surface area contributed by atoms with Gasteiger partial charge in [-0.3, -0.25) is 0 Å². The van der Waals surface area contributed by atoms with Crippen LogP contribution in [0.1, 0.15) is 0 Å². The first-order chi connectivity index (χ1) is 9.18. The van der Waals surface area contributed by atoms with E-state index in [1.54, 1.807) is 0 Å². The number of hydrogen-bond acceptors (Lipinski definition) is 2. The maximum Gasteiger partial charge on any atom is 0.371 e. The van der Waals surface area contributed by atoms with E-state index in [1.165, 1.54) is 0 Å². The minimum absolute atomic E-state index is 0.350. The first-order valence-electron chi connectivity index (χ1n) is 5.49. The molecule has 3 nitrogen and oxygen atoms in total. The van der Waals surface area contributed by atoms with Gasteiger partial charge in [-0.15, -0.1) is 0 Å². The van der Waals surface area contributed by atoms with Crippen molar-refractivity contribution in [2.45, 2.75) is 9.79 Å². The van der Waals surface area contributed by atoms with E-state index in [0.29, 0.717) is 0 Å². The molecule has 0 heterocycles. The lowest BCUT2D eigenvalue weighted by Crippen LogP contribution is -2.06. The molecule has 98 valence electrons. The summed E-state index contributed by atoms with van der Waals surface area (Å²) in [6, 6.07) is 18.7. The molecule has 0 bridgehead atoms. The number of aliphatic hydroxyl groups excluding tert-OH is 1. The third kappa shape index (κ3) is 3.70. The van der Waals surface area contributed by atoms with E-state index in [-0.39, 0.29) is 5.24 Å². The van der Waals surface area contributed by atoms with E-state index in [2.05, 4.69) is 12.6 Å². The van der Waals surface area contributed by atoms with Crippen LogP contribution >= 0.6 is 23.1 Å². The summed E-state index contributed by atoms with van der Waals surface area (Å²) >= 11 is 3.52. The van der Waals surface area contributed by atoms with Gasteiger partial charge in [0.05, 0.1) is 0 Å². The highest BCUT2D eigenvalue weighted by Crippen LogP contribution is 2.36. The maximum absolute atomic E-state index is 10.9. The molecule has 19 heavy (non-hydrogen) atoms. The molecule has 5 heteroatoms. The van der Waals surface area contributed by atoms with Crippen LogP contribution in [-0.2, 0) is 4.74 Å². The van der Waals surface area contributed by atoms with Crippen molar-refractivity contribution in [1.82, 2.24) is 0 Å². The first-order valence-corrected chi connectivity index (χ1v) is 7.17. The first kappa shape index (κ1) is 13.9. The number of ether oxygens (including phenoxy) is 1. The molecule has 0 saturated carbocycles. The van der Waals surface area contributed by atoms with Gasteiger partial charge in [-0.1, -0.05) is 59.5 Å². The van der Waals surface area contributed by atoms with Gasteiger partial charge in [0.25, 0.3) is 5.24 Å². The monoisotopic (exact) mass is 292 g/mol. The number of rotatable bonds is 2. The zero-order valence-electron chi connectivity index (χ0n) is 9.89. The summed E-state index contributed by atoms with van der Waals surface area (Å²) in [5.74, 6) is 0. The van der Waals surface area contributed by atoms with Crippen LogP contribution in [0.4, 0.5) is 4.79 Å². The SMILES string of the molecule is O=C(S)OC(O)=S(c1ccccc1)c1ccccc1. The normalized spacial score (nSPS) is 10.3. The number of carbonyl (C=O) groups is 1. The molecule has 0 spiro atoms. The van der Waals surface area contributed by atoms with Crippen LogP contribution in [0.25, 0.3) is 0 Å². The minimum atomic E-state index is -0.836. The Balaban J connectivity index is 2.55. The van der Waals surface area contributed by atoms with Gasteiger partial charge in [-0.2, -0.15) is 0 Å². The van der Waals surface area contributed by atoms with Crippen molar-refractivity contribution in [1.29, 1.82) is 0 Å². The lowest BCUT2D eigenvalue weighted by atomic mass is 10.4. The van der Waals surface area contributed by atoms with Crippen LogP contribution in [0.3, 0.4) is 0 Å². The van der Waals surface area contributed by atoms with Gasteiger partial charge in [0, 0.05) is 9.79 Å². The Morgan fingerprint density at radius 2 is 1.37 bits per heavy atom. The Bertz CT molecular complexity index is 553. The van der Waals surface area contributed by atoms with Crippen molar-refractivity contribution in [2.75, 3.05) is 0 Å². The van der Waals surface area contributed by atoms with Gasteiger partial charge >= 0.3 is 5.30 Å². The fourth-order valence-corrected chi connectivity index (χ4v) is 3.41. The highest BCUT2D eigenvalue weighted by atomic mass is 32.2. The molecule has 0 aliphatic rings. The van der Waals surface area contributed by atoms with E-state index in [0.717, 1.165) is 9.79 Å². The summed E-state index contributed by atoms with van der Waals surface area (Å²) in [7, 11) is -0.836. The highest BCUT2D eigenvalue weighted by Gasteiger charge is 2.12. The molecular weight excluding hydrogens is 280 g/mol. The summed E-state index contributed by atoms with van der Waals surface area (Å²) in [6.45, 7) is 0.